The summed E-state index contributed by atoms with van der Waals surface area (Å²) in [4.78, 5) is 16.6. The number of nitrogens with zero attached hydrogens (tertiary/aromatic N) is 3. The third-order valence-corrected chi connectivity index (χ3v) is 5.39. The van der Waals surface area contributed by atoms with Crippen molar-refractivity contribution in [1.29, 1.82) is 0 Å². The molecule has 172 valence electrons. The fraction of sp³-hybridized carbons (Fsp3) is 0.231. The Kier molecular flexibility index (Phi) is 8.78. The summed E-state index contributed by atoms with van der Waals surface area (Å²) in [7, 11) is 1.87. The lowest BCUT2D eigenvalue weighted by molar-refractivity contribution is -0.592. The summed E-state index contributed by atoms with van der Waals surface area (Å²) in [5.41, 5.74) is 2.03. The van der Waals surface area contributed by atoms with Gasteiger partial charge in [0.2, 0.25) is 0 Å². The first-order chi connectivity index (χ1) is 16.0. The maximum atomic E-state index is 12.2. The predicted octanol–water partition coefficient (Wildman–Crippen LogP) is 4.58. The van der Waals surface area contributed by atoms with Gasteiger partial charge >= 0.3 is 0 Å². The van der Waals surface area contributed by atoms with Crippen molar-refractivity contribution in [2.45, 2.75) is 18.2 Å². The van der Waals surface area contributed by atoms with Crippen LogP contribution < -0.4 is 19.3 Å². The molecule has 0 spiro atoms. The summed E-state index contributed by atoms with van der Waals surface area (Å²) >= 11 is 4.30. The Balaban J connectivity index is 0.000000286. The number of carbonyl (C=O) groups is 1. The molecule has 2 aromatic carbocycles. The van der Waals surface area contributed by atoms with Crippen molar-refractivity contribution >= 4 is 36.1 Å². The number of carbonyl (C=O) groups excluding carboxylic acids is 1. The normalized spacial score (nSPS) is 12.6. The highest BCUT2D eigenvalue weighted by atomic mass is 32.1. The number of fused-ring (bicyclic) bond motifs is 1. The molecule has 2 heterocycles. The summed E-state index contributed by atoms with van der Waals surface area (Å²) in [5.74, 6) is 1.21. The number of anilines is 2. The van der Waals surface area contributed by atoms with E-state index in [1.807, 2.05) is 67.4 Å². The first-order valence-corrected chi connectivity index (χ1v) is 11.3. The van der Waals surface area contributed by atoms with Crippen LogP contribution in [0.3, 0.4) is 0 Å². The Morgan fingerprint density at radius 3 is 2.64 bits per heavy atom. The minimum Gasteiger partial charge on any atom is -0.711 e. The number of allylic oxidation sites excluding steroid dienone is 1. The van der Waals surface area contributed by atoms with Gasteiger partial charge in [-0.1, -0.05) is 48.6 Å². The smallest absolute Gasteiger partial charge is 0.279 e. The second-order valence-electron chi connectivity index (χ2n) is 7.56. The molecular formula is C26H29N3O3S. The van der Waals surface area contributed by atoms with Gasteiger partial charge in [-0.2, -0.15) is 0 Å². The molecule has 1 aliphatic heterocycles. The Labute approximate surface area is 200 Å². The summed E-state index contributed by atoms with van der Waals surface area (Å²) in [6, 6.07) is 21.1. The SMILES string of the molecule is C/C=C/c1ccccc1.CN(CCCN1C(=O)COc2cc(S)ccc21)c1cccc[n+]1[O-]. The van der Waals surface area contributed by atoms with Crippen LogP contribution >= 0.6 is 12.6 Å². The zero-order valence-corrected chi connectivity index (χ0v) is 19.8. The quantitative estimate of drug-likeness (QED) is 0.330. The molecular weight excluding hydrogens is 434 g/mol. The van der Waals surface area contributed by atoms with Gasteiger partial charge in [0.25, 0.3) is 11.7 Å². The molecule has 0 aliphatic carbocycles. The van der Waals surface area contributed by atoms with Crippen molar-refractivity contribution in [2.24, 2.45) is 0 Å². The number of aromatic nitrogens is 1. The van der Waals surface area contributed by atoms with E-state index in [1.165, 1.54) is 11.8 Å². The Morgan fingerprint density at radius 2 is 1.91 bits per heavy atom. The third kappa shape index (κ3) is 6.76. The molecule has 6 nitrogen and oxygen atoms in total. The number of benzene rings is 2. The summed E-state index contributed by atoms with van der Waals surface area (Å²) < 4.78 is 6.30. The monoisotopic (exact) mass is 463 g/mol. The van der Waals surface area contributed by atoms with Crippen LogP contribution in [0.1, 0.15) is 18.9 Å². The molecule has 4 rings (SSSR count). The van der Waals surface area contributed by atoms with E-state index in [2.05, 4.69) is 30.8 Å². The molecule has 33 heavy (non-hydrogen) atoms. The van der Waals surface area contributed by atoms with Crippen LogP contribution in [0.2, 0.25) is 0 Å². The summed E-state index contributed by atoms with van der Waals surface area (Å²) in [6.45, 7) is 3.29. The van der Waals surface area contributed by atoms with Crippen LogP contribution in [0.4, 0.5) is 11.5 Å². The lowest BCUT2D eigenvalue weighted by atomic mass is 10.2. The number of hydrogen-bond donors (Lipinski definition) is 1. The van der Waals surface area contributed by atoms with E-state index in [0.29, 0.717) is 24.7 Å². The van der Waals surface area contributed by atoms with Crippen LogP contribution in [-0.4, -0.2) is 32.7 Å². The van der Waals surface area contributed by atoms with E-state index in [-0.39, 0.29) is 12.5 Å². The van der Waals surface area contributed by atoms with E-state index in [1.54, 1.807) is 17.0 Å². The molecule has 0 fully saturated rings. The number of hydrogen-bond acceptors (Lipinski definition) is 5. The van der Waals surface area contributed by atoms with Gasteiger partial charge in [0.1, 0.15) is 5.75 Å². The van der Waals surface area contributed by atoms with Gasteiger partial charge < -0.3 is 14.8 Å². The highest BCUT2D eigenvalue weighted by Crippen LogP contribution is 2.33. The average Bonchev–Trinajstić information content (AvgIpc) is 2.82. The minimum atomic E-state index is -0.0596. The van der Waals surface area contributed by atoms with Gasteiger partial charge in [0.05, 0.1) is 25.5 Å². The second kappa shape index (κ2) is 12.0. The van der Waals surface area contributed by atoms with Gasteiger partial charge in [-0.15, -0.1) is 12.6 Å². The van der Waals surface area contributed by atoms with Gasteiger partial charge in [0.15, 0.2) is 6.61 Å². The van der Waals surface area contributed by atoms with Crippen molar-refractivity contribution in [1.82, 2.24) is 0 Å². The Hall–Kier alpha value is -3.45. The Bertz CT molecular complexity index is 1090. The van der Waals surface area contributed by atoms with Crippen LogP contribution in [0.5, 0.6) is 5.75 Å². The molecule has 3 aromatic rings. The van der Waals surface area contributed by atoms with Crippen LogP contribution in [0.15, 0.2) is 83.9 Å². The number of pyridine rings is 1. The molecule has 0 radical (unpaired) electrons. The molecule has 7 heteroatoms. The van der Waals surface area contributed by atoms with Gasteiger partial charge in [-0.3, -0.25) is 9.69 Å². The topological polar surface area (TPSA) is 59.7 Å². The molecule has 0 saturated heterocycles. The first-order valence-electron chi connectivity index (χ1n) is 10.8. The molecule has 0 N–H and O–H groups in total. The van der Waals surface area contributed by atoms with E-state index < -0.39 is 0 Å². The largest absolute Gasteiger partial charge is 0.711 e. The number of thiol groups is 1. The molecule has 0 unspecified atom stereocenters. The highest BCUT2D eigenvalue weighted by Gasteiger charge is 2.25. The third-order valence-electron chi connectivity index (χ3n) is 5.12. The fourth-order valence-corrected chi connectivity index (χ4v) is 3.68. The standard InChI is InChI=1S/C17H19N3O3S.C9H10/c1-18(16-5-2-3-10-20(16)22)8-4-9-19-14-7-6-13(24)11-15(14)23-12-17(19)21;1-2-6-9-7-4-3-5-8-9/h2-3,5-7,10-11,24H,4,8-9,12H2,1H3;2-8H,1H3/b;6-2+. The maximum absolute atomic E-state index is 12.2. The minimum absolute atomic E-state index is 0.0410. The lowest BCUT2D eigenvalue weighted by Crippen LogP contribution is -2.41. The van der Waals surface area contributed by atoms with Crippen molar-refractivity contribution in [3.8, 4) is 5.75 Å². The van der Waals surface area contributed by atoms with Gasteiger partial charge in [-0.25, -0.2) is 4.73 Å². The van der Waals surface area contributed by atoms with E-state index in [4.69, 9.17) is 4.74 Å². The summed E-state index contributed by atoms with van der Waals surface area (Å²) in [5, 5.41) is 11.8. The fourth-order valence-electron chi connectivity index (χ4n) is 3.49. The molecule has 0 atom stereocenters. The highest BCUT2D eigenvalue weighted by molar-refractivity contribution is 7.80. The van der Waals surface area contributed by atoms with Crippen LogP contribution in [0.25, 0.3) is 6.08 Å². The predicted molar refractivity (Wildman–Crippen MR) is 136 cm³/mol. The first kappa shape index (κ1) is 24.2. The zero-order valence-electron chi connectivity index (χ0n) is 18.9. The van der Waals surface area contributed by atoms with Crippen LogP contribution in [-0.2, 0) is 4.79 Å². The number of rotatable bonds is 6. The molecule has 1 amide bonds. The van der Waals surface area contributed by atoms with Crippen molar-refractivity contribution in [3.05, 3.63) is 89.8 Å². The van der Waals surface area contributed by atoms with Gasteiger partial charge in [-0.05, 0) is 36.8 Å². The number of ether oxygens (including phenoxy) is 1. The van der Waals surface area contributed by atoms with Crippen molar-refractivity contribution in [3.63, 3.8) is 0 Å². The van der Waals surface area contributed by atoms with Crippen LogP contribution in [0, 0.1) is 5.21 Å². The Morgan fingerprint density at radius 1 is 1.15 bits per heavy atom. The van der Waals surface area contributed by atoms with E-state index in [9.17, 15) is 10.0 Å². The average molecular weight is 464 g/mol. The van der Waals surface area contributed by atoms with E-state index in [0.717, 1.165) is 21.7 Å². The molecule has 0 bridgehead atoms. The van der Waals surface area contributed by atoms with Gasteiger partial charge in [0, 0.05) is 23.9 Å². The van der Waals surface area contributed by atoms with Crippen molar-refractivity contribution in [2.75, 3.05) is 36.5 Å². The van der Waals surface area contributed by atoms with E-state index >= 15 is 0 Å². The maximum Gasteiger partial charge on any atom is 0.279 e. The molecule has 1 aliphatic rings. The second-order valence-corrected chi connectivity index (χ2v) is 8.07. The summed E-state index contributed by atoms with van der Waals surface area (Å²) in [6.07, 6.45) is 6.33. The molecule has 1 aromatic heterocycles. The van der Waals surface area contributed by atoms with Crippen molar-refractivity contribution < 1.29 is 14.3 Å². The molecule has 0 saturated carbocycles. The zero-order chi connectivity index (χ0) is 23.6. The lowest BCUT2D eigenvalue weighted by Gasteiger charge is -2.29. The number of amides is 1.